The molecule has 6 heteroatoms. The second kappa shape index (κ2) is 5.42. The van der Waals surface area contributed by atoms with Gasteiger partial charge in [-0.1, -0.05) is 13.8 Å². The van der Waals surface area contributed by atoms with Gasteiger partial charge in [-0.3, -0.25) is 9.48 Å². The molecule has 1 aliphatic heterocycles. The Labute approximate surface area is 128 Å². The van der Waals surface area contributed by atoms with Crippen LogP contribution in [0, 0.1) is 0 Å². The summed E-state index contributed by atoms with van der Waals surface area (Å²) in [6.07, 6.45) is 2.01. The highest BCUT2D eigenvalue weighted by Gasteiger charge is 2.25. The zero-order valence-electron chi connectivity index (χ0n) is 12.8. The lowest BCUT2D eigenvalue weighted by molar-refractivity contribution is 0.0714. The van der Waals surface area contributed by atoms with Crippen molar-refractivity contribution in [2.75, 3.05) is 13.1 Å². The van der Waals surface area contributed by atoms with E-state index in [0.29, 0.717) is 12.5 Å². The minimum atomic E-state index is 0.112. The smallest absolute Gasteiger partial charge is 0.264 e. The number of amides is 1. The quantitative estimate of drug-likeness (QED) is 0.926. The molecule has 1 amide bonds. The Kier molecular flexibility index (Phi) is 3.75. The van der Waals surface area contributed by atoms with Crippen molar-refractivity contribution in [1.29, 1.82) is 0 Å². The summed E-state index contributed by atoms with van der Waals surface area (Å²) < 4.78 is 1.88. The van der Waals surface area contributed by atoms with Gasteiger partial charge in [0.2, 0.25) is 0 Å². The standard InChI is InChI=1S/C15H22N4OS/c1-9(2)13-11-7-12(21-15(11)18(3)17-13)14(20)19-6-4-5-10(16)8-19/h7,9-10H,4-6,8,16H2,1-3H3. The largest absolute Gasteiger partial charge is 0.336 e. The Hall–Kier alpha value is -1.40. The highest BCUT2D eigenvalue weighted by Crippen LogP contribution is 2.32. The van der Waals surface area contributed by atoms with Gasteiger partial charge in [0.05, 0.1) is 10.6 Å². The Balaban J connectivity index is 1.93. The van der Waals surface area contributed by atoms with E-state index in [4.69, 9.17) is 5.73 Å². The van der Waals surface area contributed by atoms with E-state index in [1.54, 1.807) is 0 Å². The van der Waals surface area contributed by atoms with Crippen molar-refractivity contribution in [3.63, 3.8) is 0 Å². The summed E-state index contributed by atoms with van der Waals surface area (Å²) in [7, 11) is 1.94. The molecule has 0 aliphatic carbocycles. The fraction of sp³-hybridized carbons (Fsp3) is 0.600. The van der Waals surface area contributed by atoms with Crippen LogP contribution in [-0.4, -0.2) is 39.7 Å². The minimum Gasteiger partial charge on any atom is -0.336 e. The molecule has 3 rings (SSSR count). The zero-order valence-corrected chi connectivity index (χ0v) is 13.6. The fourth-order valence-corrected chi connectivity index (χ4v) is 4.00. The normalized spacial score (nSPS) is 19.7. The number of thiophene rings is 1. The van der Waals surface area contributed by atoms with Gasteiger partial charge in [0.15, 0.2) is 0 Å². The second-order valence-corrected chi connectivity index (χ2v) is 7.18. The van der Waals surface area contributed by atoms with E-state index in [1.165, 1.54) is 11.3 Å². The first-order chi connectivity index (χ1) is 9.97. The van der Waals surface area contributed by atoms with Gasteiger partial charge in [-0.15, -0.1) is 11.3 Å². The van der Waals surface area contributed by atoms with E-state index in [-0.39, 0.29) is 11.9 Å². The van der Waals surface area contributed by atoms with E-state index >= 15 is 0 Å². The van der Waals surface area contributed by atoms with Crippen molar-refractivity contribution >= 4 is 27.5 Å². The summed E-state index contributed by atoms with van der Waals surface area (Å²) in [5.74, 6) is 0.468. The van der Waals surface area contributed by atoms with Crippen LogP contribution >= 0.6 is 11.3 Å². The average Bonchev–Trinajstić information content (AvgIpc) is 2.99. The highest BCUT2D eigenvalue weighted by atomic mass is 32.1. The molecule has 1 fully saturated rings. The number of fused-ring (bicyclic) bond motifs is 1. The van der Waals surface area contributed by atoms with Gasteiger partial charge in [0.25, 0.3) is 5.91 Å². The molecule has 0 saturated carbocycles. The van der Waals surface area contributed by atoms with Gasteiger partial charge in [-0.25, -0.2) is 0 Å². The molecular weight excluding hydrogens is 284 g/mol. The molecule has 2 aromatic heterocycles. The van der Waals surface area contributed by atoms with E-state index in [1.807, 2.05) is 22.7 Å². The SMILES string of the molecule is CC(C)c1nn(C)c2sc(C(=O)N3CCCC(N)C3)cc12. The van der Waals surface area contributed by atoms with Crippen molar-refractivity contribution in [2.24, 2.45) is 12.8 Å². The Morgan fingerprint density at radius 3 is 2.95 bits per heavy atom. The van der Waals surface area contributed by atoms with Gasteiger partial charge in [-0.2, -0.15) is 5.10 Å². The number of nitrogens with two attached hydrogens (primary N) is 1. The van der Waals surface area contributed by atoms with E-state index in [2.05, 4.69) is 18.9 Å². The lowest BCUT2D eigenvalue weighted by Gasteiger charge is -2.30. The molecule has 3 heterocycles. The summed E-state index contributed by atoms with van der Waals surface area (Å²) >= 11 is 1.53. The summed E-state index contributed by atoms with van der Waals surface area (Å²) in [5.41, 5.74) is 7.05. The van der Waals surface area contributed by atoms with Gasteiger partial charge in [0.1, 0.15) is 4.83 Å². The lowest BCUT2D eigenvalue weighted by atomic mass is 10.1. The number of aryl methyl sites for hydroxylation is 1. The lowest BCUT2D eigenvalue weighted by Crippen LogP contribution is -2.45. The van der Waals surface area contributed by atoms with Crippen LogP contribution in [0.15, 0.2) is 6.07 Å². The zero-order chi connectivity index (χ0) is 15.1. The molecule has 1 unspecified atom stereocenters. The van der Waals surface area contributed by atoms with Crippen molar-refractivity contribution in [3.8, 4) is 0 Å². The van der Waals surface area contributed by atoms with Crippen LogP contribution < -0.4 is 5.73 Å². The molecule has 21 heavy (non-hydrogen) atoms. The number of nitrogens with zero attached hydrogens (tertiary/aromatic N) is 3. The number of hydrogen-bond donors (Lipinski definition) is 1. The molecule has 5 nitrogen and oxygen atoms in total. The third kappa shape index (κ3) is 2.58. The van der Waals surface area contributed by atoms with Crippen molar-refractivity contribution < 1.29 is 4.79 Å². The molecule has 0 radical (unpaired) electrons. The molecule has 1 atom stereocenters. The average molecular weight is 306 g/mol. The number of piperidine rings is 1. The van der Waals surface area contributed by atoms with Crippen molar-refractivity contribution in [3.05, 3.63) is 16.6 Å². The van der Waals surface area contributed by atoms with Crippen LogP contribution in [0.2, 0.25) is 0 Å². The van der Waals surface area contributed by atoms with E-state index < -0.39 is 0 Å². The molecule has 1 saturated heterocycles. The number of hydrogen-bond acceptors (Lipinski definition) is 4. The Bertz CT molecular complexity index is 673. The fourth-order valence-electron chi connectivity index (χ4n) is 2.95. The summed E-state index contributed by atoms with van der Waals surface area (Å²) in [6, 6.07) is 2.12. The van der Waals surface area contributed by atoms with Crippen LogP contribution in [0.5, 0.6) is 0 Å². The maximum absolute atomic E-state index is 12.7. The monoisotopic (exact) mass is 306 g/mol. The predicted octanol–water partition coefficient (Wildman–Crippen LogP) is 2.32. The molecule has 2 aromatic rings. The number of rotatable bonds is 2. The van der Waals surface area contributed by atoms with E-state index in [0.717, 1.165) is 40.2 Å². The Morgan fingerprint density at radius 2 is 2.29 bits per heavy atom. The van der Waals surface area contributed by atoms with Crippen molar-refractivity contribution in [1.82, 2.24) is 14.7 Å². The first-order valence-corrected chi connectivity index (χ1v) is 8.30. The highest BCUT2D eigenvalue weighted by molar-refractivity contribution is 7.20. The molecule has 1 aliphatic rings. The number of aromatic nitrogens is 2. The maximum atomic E-state index is 12.7. The van der Waals surface area contributed by atoms with Crippen LogP contribution in [0.4, 0.5) is 0 Å². The van der Waals surface area contributed by atoms with Gasteiger partial charge < -0.3 is 10.6 Å². The molecular formula is C15H22N4OS. The summed E-state index contributed by atoms with van der Waals surface area (Å²) in [6.45, 7) is 5.74. The number of carbonyl (C=O) groups is 1. The minimum absolute atomic E-state index is 0.112. The molecule has 0 spiro atoms. The third-order valence-electron chi connectivity index (χ3n) is 4.04. The molecule has 0 aromatic carbocycles. The topological polar surface area (TPSA) is 64.2 Å². The first kappa shape index (κ1) is 14.5. The Morgan fingerprint density at radius 1 is 1.52 bits per heavy atom. The maximum Gasteiger partial charge on any atom is 0.264 e. The van der Waals surface area contributed by atoms with Gasteiger partial charge in [0, 0.05) is 31.6 Å². The summed E-state index contributed by atoms with van der Waals surface area (Å²) in [4.78, 5) is 16.4. The van der Waals surface area contributed by atoms with Crippen molar-refractivity contribution in [2.45, 2.75) is 38.6 Å². The molecule has 114 valence electrons. The van der Waals surface area contributed by atoms with Crippen LogP contribution in [-0.2, 0) is 7.05 Å². The van der Waals surface area contributed by atoms with Crippen LogP contribution in [0.1, 0.15) is 48.0 Å². The predicted molar refractivity (Wildman–Crippen MR) is 85.8 cm³/mol. The third-order valence-corrected chi connectivity index (χ3v) is 5.23. The van der Waals surface area contributed by atoms with Crippen LogP contribution in [0.25, 0.3) is 10.2 Å². The van der Waals surface area contributed by atoms with Gasteiger partial charge >= 0.3 is 0 Å². The number of carbonyl (C=O) groups excluding carboxylic acids is 1. The molecule has 0 bridgehead atoms. The first-order valence-electron chi connectivity index (χ1n) is 7.48. The van der Waals surface area contributed by atoms with E-state index in [9.17, 15) is 4.79 Å². The van der Waals surface area contributed by atoms with Gasteiger partial charge in [-0.05, 0) is 24.8 Å². The molecule has 2 N–H and O–H groups in total. The van der Waals surface area contributed by atoms with Crippen LogP contribution in [0.3, 0.4) is 0 Å². The summed E-state index contributed by atoms with van der Waals surface area (Å²) in [5, 5.41) is 5.67. The second-order valence-electron chi connectivity index (χ2n) is 6.15. The number of likely N-dealkylation sites (tertiary alicyclic amines) is 1.